The average Bonchev–Trinajstić information content (AvgIpc) is 2.64. The topological polar surface area (TPSA) is 34.8 Å². The monoisotopic (exact) mass is 279 g/mol. The number of nitrogens with zero attached hydrogens (tertiary/aromatic N) is 1. The van der Waals surface area contributed by atoms with Gasteiger partial charge in [0, 0.05) is 18.4 Å². The number of aromatic amines is 2. The molecule has 0 saturated heterocycles. The second kappa shape index (κ2) is 4.55. The fourth-order valence-corrected chi connectivity index (χ4v) is 3.58. The summed E-state index contributed by atoms with van der Waals surface area (Å²) >= 11 is 5.11. The molecule has 1 atom stereocenters. The van der Waals surface area contributed by atoms with Crippen molar-refractivity contribution in [2.45, 2.75) is 32.2 Å². The number of imidazole rings is 1. The molecule has 0 saturated carbocycles. The molecule has 1 heterocycles. The summed E-state index contributed by atoms with van der Waals surface area (Å²) in [6.45, 7) is 9.51. The predicted octanol–water partition coefficient (Wildman–Crippen LogP) is 3.93. The van der Waals surface area contributed by atoms with Crippen molar-refractivity contribution >= 4 is 37.0 Å². The molecule has 3 nitrogen and oxygen atoms in total. The molecule has 0 aliphatic heterocycles. The predicted molar refractivity (Wildman–Crippen MR) is 84.7 cm³/mol. The van der Waals surface area contributed by atoms with E-state index in [-0.39, 0.29) is 0 Å². The van der Waals surface area contributed by atoms with Gasteiger partial charge in [0.15, 0.2) is 4.77 Å². The molecule has 0 amide bonds. The fourth-order valence-electron chi connectivity index (χ4n) is 2.04. The Morgan fingerprint density at radius 3 is 2.39 bits per heavy atom. The van der Waals surface area contributed by atoms with E-state index >= 15 is 0 Å². The van der Waals surface area contributed by atoms with Crippen LogP contribution in [0, 0.1) is 4.77 Å². The number of H-pyrrole nitrogens is 2. The van der Waals surface area contributed by atoms with Crippen LogP contribution in [-0.4, -0.2) is 30.8 Å². The van der Waals surface area contributed by atoms with Crippen LogP contribution in [0.4, 0.5) is 5.69 Å². The second-order valence-electron chi connectivity index (χ2n) is 5.96. The van der Waals surface area contributed by atoms with Gasteiger partial charge in [-0.15, -0.1) is 0 Å². The number of aromatic nitrogens is 2. The number of nitrogens with one attached hydrogen (secondary N) is 2. The normalized spacial score (nSPS) is 13.8. The Bertz CT molecular complexity index is 608. The summed E-state index contributed by atoms with van der Waals surface area (Å²) in [5.41, 5.74) is 3.98. The minimum Gasteiger partial charge on any atom is -0.375 e. The van der Waals surface area contributed by atoms with Gasteiger partial charge in [0.1, 0.15) is 0 Å². The Morgan fingerprint density at radius 1 is 1.17 bits per heavy atom. The molecule has 5 heteroatoms. The molecule has 0 fully saturated rings. The molecule has 0 aliphatic carbocycles. The quantitative estimate of drug-likeness (QED) is 0.659. The Hall–Kier alpha value is -1.07. The van der Waals surface area contributed by atoms with Crippen molar-refractivity contribution < 1.29 is 0 Å². The maximum absolute atomic E-state index is 5.11. The average molecular weight is 279 g/mol. The third-order valence-electron chi connectivity index (χ3n) is 3.74. The zero-order chi connectivity index (χ0) is 13.5. The summed E-state index contributed by atoms with van der Waals surface area (Å²) in [4.78, 5) is 8.68. The Morgan fingerprint density at radius 2 is 1.78 bits per heavy atom. The van der Waals surface area contributed by atoms with E-state index in [1.807, 2.05) is 0 Å². The van der Waals surface area contributed by atoms with E-state index in [9.17, 15) is 0 Å². The smallest absolute Gasteiger partial charge is 0.175 e. The van der Waals surface area contributed by atoms with E-state index in [4.69, 9.17) is 12.2 Å². The molecule has 18 heavy (non-hydrogen) atoms. The lowest BCUT2D eigenvalue weighted by atomic mass is 10.2. The van der Waals surface area contributed by atoms with Crippen LogP contribution in [0.5, 0.6) is 0 Å². The zero-order valence-electron chi connectivity index (χ0n) is 11.7. The summed E-state index contributed by atoms with van der Waals surface area (Å²) in [5.74, 6) is 0. The van der Waals surface area contributed by atoms with Crippen molar-refractivity contribution in [3.05, 3.63) is 23.0 Å². The molecule has 98 valence electrons. The largest absolute Gasteiger partial charge is 0.375 e. The molecule has 1 unspecified atom stereocenters. The van der Waals surface area contributed by atoms with Crippen molar-refractivity contribution in [3.63, 3.8) is 0 Å². The third kappa shape index (κ3) is 2.52. The third-order valence-corrected chi connectivity index (χ3v) is 6.84. The minimum atomic E-state index is -1.18. The van der Waals surface area contributed by atoms with Gasteiger partial charge < -0.3 is 14.9 Å². The number of anilines is 1. The number of benzene rings is 1. The molecule has 1 aromatic carbocycles. The van der Waals surface area contributed by atoms with Crippen LogP contribution in [0.3, 0.4) is 0 Å². The van der Waals surface area contributed by atoms with Crippen molar-refractivity contribution in [2.24, 2.45) is 0 Å². The van der Waals surface area contributed by atoms with Gasteiger partial charge in [0.2, 0.25) is 0 Å². The van der Waals surface area contributed by atoms with E-state index in [0.717, 1.165) is 11.0 Å². The molecule has 2 aromatic rings. The van der Waals surface area contributed by atoms with Crippen LogP contribution >= 0.6 is 12.2 Å². The standard InChI is InChI=1S/C13H21N3SSi/c1-9(18(3,4)5)16(2)10-6-7-11-12(8-10)15-13(17)14-11/h6-9H,1-5H3,(H2,14,15,17). The van der Waals surface area contributed by atoms with Crippen molar-refractivity contribution in [1.29, 1.82) is 0 Å². The van der Waals surface area contributed by atoms with Gasteiger partial charge in [0.25, 0.3) is 0 Å². The van der Waals surface area contributed by atoms with Gasteiger partial charge in [0.05, 0.1) is 19.1 Å². The van der Waals surface area contributed by atoms with Crippen LogP contribution < -0.4 is 4.90 Å². The maximum Gasteiger partial charge on any atom is 0.175 e. The molecule has 0 bridgehead atoms. The van der Waals surface area contributed by atoms with Crippen LogP contribution in [0.15, 0.2) is 18.2 Å². The molecule has 2 rings (SSSR count). The highest BCUT2D eigenvalue weighted by Gasteiger charge is 2.26. The van der Waals surface area contributed by atoms with Gasteiger partial charge in [-0.1, -0.05) is 19.6 Å². The Kier molecular flexibility index (Phi) is 3.38. The summed E-state index contributed by atoms with van der Waals surface area (Å²) < 4.78 is 0.683. The molecular weight excluding hydrogens is 258 g/mol. The minimum absolute atomic E-state index is 0.594. The summed E-state index contributed by atoms with van der Waals surface area (Å²) in [7, 11) is 0.991. The lowest BCUT2D eigenvalue weighted by Crippen LogP contribution is -2.47. The Labute approximate surface area is 114 Å². The van der Waals surface area contributed by atoms with Gasteiger partial charge >= 0.3 is 0 Å². The van der Waals surface area contributed by atoms with Crippen LogP contribution in [0.2, 0.25) is 19.6 Å². The molecular formula is C13H21N3SSi. The zero-order valence-corrected chi connectivity index (χ0v) is 13.5. The van der Waals surface area contributed by atoms with Crippen LogP contribution in [0.25, 0.3) is 11.0 Å². The highest BCUT2D eigenvalue weighted by atomic mass is 32.1. The van der Waals surface area contributed by atoms with Crippen molar-refractivity contribution in [1.82, 2.24) is 9.97 Å². The van der Waals surface area contributed by atoms with Gasteiger partial charge in [-0.05, 0) is 37.3 Å². The second-order valence-corrected chi connectivity index (χ2v) is 11.9. The highest BCUT2D eigenvalue weighted by Crippen LogP contribution is 2.24. The first kappa shape index (κ1) is 13.4. The molecule has 0 spiro atoms. The molecule has 0 radical (unpaired) electrons. The summed E-state index contributed by atoms with van der Waals surface area (Å²) in [6.07, 6.45) is 0. The van der Waals surface area contributed by atoms with Crippen molar-refractivity contribution in [2.75, 3.05) is 11.9 Å². The first-order valence-electron chi connectivity index (χ1n) is 6.24. The first-order chi connectivity index (χ1) is 8.29. The fraction of sp³-hybridized carbons (Fsp3) is 0.462. The molecule has 1 aromatic heterocycles. The summed E-state index contributed by atoms with van der Waals surface area (Å²) in [6, 6.07) is 6.40. The van der Waals surface area contributed by atoms with Gasteiger partial charge in [-0.3, -0.25) is 0 Å². The lowest BCUT2D eigenvalue weighted by molar-refractivity contribution is 0.861. The molecule has 2 N–H and O–H groups in total. The van der Waals surface area contributed by atoms with E-state index in [1.54, 1.807) is 0 Å². The van der Waals surface area contributed by atoms with E-state index in [0.29, 0.717) is 10.4 Å². The van der Waals surface area contributed by atoms with E-state index in [2.05, 4.69) is 66.7 Å². The van der Waals surface area contributed by atoms with E-state index in [1.165, 1.54) is 5.69 Å². The van der Waals surface area contributed by atoms with Crippen LogP contribution in [0.1, 0.15) is 6.92 Å². The Balaban J connectivity index is 2.38. The SMILES string of the molecule is CC(N(C)c1ccc2[nH]c(=S)[nH]c2c1)[Si](C)(C)C. The number of rotatable bonds is 3. The summed E-state index contributed by atoms with van der Waals surface area (Å²) in [5, 5.41) is 0. The molecule has 0 aliphatic rings. The van der Waals surface area contributed by atoms with Gasteiger partial charge in [-0.25, -0.2) is 0 Å². The number of hydrogen-bond acceptors (Lipinski definition) is 2. The van der Waals surface area contributed by atoms with Crippen LogP contribution in [-0.2, 0) is 0 Å². The number of hydrogen-bond donors (Lipinski definition) is 2. The van der Waals surface area contributed by atoms with E-state index < -0.39 is 8.07 Å². The first-order valence-corrected chi connectivity index (χ1v) is 10.2. The highest BCUT2D eigenvalue weighted by molar-refractivity contribution is 7.71. The maximum atomic E-state index is 5.11. The number of fused-ring (bicyclic) bond motifs is 1. The lowest BCUT2D eigenvalue weighted by Gasteiger charge is -2.35. The van der Waals surface area contributed by atoms with Crippen molar-refractivity contribution in [3.8, 4) is 0 Å². The van der Waals surface area contributed by atoms with Gasteiger partial charge in [-0.2, -0.15) is 0 Å².